The van der Waals surface area contributed by atoms with Crippen LogP contribution in [0.5, 0.6) is 0 Å². The van der Waals surface area contributed by atoms with Crippen LogP contribution in [0.2, 0.25) is 0 Å². The maximum absolute atomic E-state index is 11.4. The number of hydrogen-bond donors (Lipinski definition) is 1. The predicted molar refractivity (Wildman–Crippen MR) is 109 cm³/mol. The number of non-ortho nitro benzene ring substituents is 1. The summed E-state index contributed by atoms with van der Waals surface area (Å²) in [6.07, 6.45) is 3.39. The van der Waals surface area contributed by atoms with E-state index in [-0.39, 0.29) is 16.7 Å². The molecule has 0 spiro atoms. The molecular weight excluding hydrogens is 352 g/mol. The van der Waals surface area contributed by atoms with Crippen molar-refractivity contribution >= 4 is 22.3 Å². The Morgan fingerprint density at radius 2 is 1.82 bits per heavy atom. The molecule has 0 bridgehead atoms. The molecule has 138 valence electrons. The van der Waals surface area contributed by atoms with Crippen LogP contribution in [0.15, 0.2) is 79.1 Å². The third kappa shape index (κ3) is 3.40. The summed E-state index contributed by atoms with van der Waals surface area (Å²) in [6, 6.07) is 20.4. The van der Waals surface area contributed by atoms with Crippen molar-refractivity contribution in [2.75, 3.05) is 5.32 Å². The van der Waals surface area contributed by atoms with Crippen molar-refractivity contribution in [2.24, 2.45) is 0 Å². The maximum Gasteiger partial charge on any atom is 0.278 e. The highest BCUT2D eigenvalue weighted by molar-refractivity contribution is 5.96. The summed E-state index contributed by atoms with van der Waals surface area (Å²) in [6.45, 7) is 2.04. The third-order valence-corrected chi connectivity index (χ3v) is 4.60. The Morgan fingerprint density at radius 3 is 2.57 bits per heavy atom. The molecule has 0 amide bonds. The second-order valence-electron chi connectivity index (χ2n) is 6.54. The average molecular weight is 370 g/mol. The molecule has 0 fully saturated rings. The number of nitrogens with zero attached hydrogens (tertiary/aromatic N) is 3. The lowest BCUT2D eigenvalue weighted by Crippen LogP contribution is -2.14. The van der Waals surface area contributed by atoms with Crippen LogP contribution < -0.4 is 5.32 Å². The van der Waals surface area contributed by atoms with Gasteiger partial charge in [-0.3, -0.25) is 20.1 Å². The van der Waals surface area contributed by atoms with Gasteiger partial charge in [0.25, 0.3) is 5.69 Å². The highest BCUT2D eigenvalue weighted by Crippen LogP contribution is 2.33. The molecule has 2 aromatic carbocycles. The van der Waals surface area contributed by atoms with Gasteiger partial charge in [-0.25, -0.2) is 0 Å². The largest absolute Gasteiger partial charge is 0.371 e. The summed E-state index contributed by atoms with van der Waals surface area (Å²) < 4.78 is 0. The Balaban J connectivity index is 1.84. The Kier molecular flexibility index (Phi) is 4.68. The van der Waals surface area contributed by atoms with E-state index in [1.54, 1.807) is 30.6 Å². The molecule has 0 saturated carbocycles. The quantitative estimate of drug-likeness (QED) is 0.393. The number of hydrogen-bond acceptors (Lipinski definition) is 5. The van der Waals surface area contributed by atoms with Gasteiger partial charge in [-0.1, -0.05) is 35.9 Å². The molecule has 1 unspecified atom stereocenters. The summed E-state index contributed by atoms with van der Waals surface area (Å²) in [7, 11) is 0. The first-order valence-electron chi connectivity index (χ1n) is 8.89. The van der Waals surface area contributed by atoms with Gasteiger partial charge >= 0.3 is 0 Å². The van der Waals surface area contributed by atoms with Crippen molar-refractivity contribution in [1.82, 2.24) is 9.97 Å². The van der Waals surface area contributed by atoms with Gasteiger partial charge in [0.2, 0.25) is 0 Å². The number of nitrogens with one attached hydrogen (secondary N) is 1. The van der Waals surface area contributed by atoms with E-state index < -0.39 is 0 Å². The van der Waals surface area contributed by atoms with Crippen LogP contribution in [0.25, 0.3) is 10.9 Å². The number of nitro groups is 1. The number of rotatable bonds is 5. The first kappa shape index (κ1) is 17.6. The average Bonchev–Trinajstić information content (AvgIpc) is 2.72. The summed E-state index contributed by atoms with van der Waals surface area (Å²) in [5.41, 5.74) is 4.38. The molecule has 0 aliphatic rings. The van der Waals surface area contributed by atoms with Gasteiger partial charge in [0.15, 0.2) is 0 Å². The van der Waals surface area contributed by atoms with E-state index in [1.165, 1.54) is 6.07 Å². The smallest absolute Gasteiger partial charge is 0.278 e. The van der Waals surface area contributed by atoms with Crippen molar-refractivity contribution in [1.29, 1.82) is 0 Å². The Hall–Kier alpha value is -3.80. The summed E-state index contributed by atoms with van der Waals surface area (Å²) >= 11 is 0. The minimum absolute atomic E-state index is 0.0404. The molecular formula is C22H18N4O2. The van der Waals surface area contributed by atoms with Crippen molar-refractivity contribution in [3.63, 3.8) is 0 Å². The van der Waals surface area contributed by atoms with E-state index in [9.17, 15) is 10.1 Å². The maximum atomic E-state index is 11.4. The molecule has 28 heavy (non-hydrogen) atoms. The normalized spacial score (nSPS) is 11.9. The first-order valence-corrected chi connectivity index (χ1v) is 8.89. The second-order valence-corrected chi connectivity index (χ2v) is 6.54. The lowest BCUT2D eigenvalue weighted by atomic mass is 10.00. The molecule has 2 heterocycles. The van der Waals surface area contributed by atoms with Gasteiger partial charge in [0.1, 0.15) is 5.52 Å². The van der Waals surface area contributed by atoms with Crippen molar-refractivity contribution in [3.8, 4) is 0 Å². The minimum Gasteiger partial charge on any atom is -0.371 e. The highest BCUT2D eigenvalue weighted by Gasteiger charge is 2.20. The zero-order valence-electron chi connectivity index (χ0n) is 15.2. The van der Waals surface area contributed by atoms with Gasteiger partial charge in [-0.05, 0) is 42.8 Å². The lowest BCUT2D eigenvalue weighted by molar-refractivity contribution is -0.383. The molecule has 0 saturated heterocycles. The van der Waals surface area contributed by atoms with Gasteiger partial charge in [0, 0.05) is 18.5 Å². The van der Waals surface area contributed by atoms with E-state index in [0.717, 1.165) is 22.5 Å². The number of aryl methyl sites for hydroxylation is 1. The van der Waals surface area contributed by atoms with Gasteiger partial charge < -0.3 is 5.32 Å². The van der Waals surface area contributed by atoms with Crippen LogP contribution in [-0.4, -0.2) is 14.9 Å². The van der Waals surface area contributed by atoms with E-state index in [1.807, 2.05) is 43.3 Å². The van der Waals surface area contributed by atoms with Crippen molar-refractivity contribution in [2.45, 2.75) is 13.0 Å². The summed E-state index contributed by atoms with van der Waals surface area (Å²) in [5.74, 6) is 0. The van der Waals surface area contributed by atoms with Crippen LogP contribution in [0, 0.1) is 17.0 Å². The number of fused-ring (bicyclic) bond motifs is 1. The number of nitro benzene ring substituents is 1. The first-order chi connectivity index (χ1) is 13.6. The fraction of sp³-hybridized carbons (Fsp3) is 0.0909. The van der Waals surface area contributed by atoms with Crippen LogP contribution in [0.4, 0.5) is 11.4 Å². The predicted octanol–water partition coefficient (Wildman–Crippen LogP) is 5.05. The molecule has 6 heteroatoms. The Labute approximate surface area is 162 Å². The van der Waals surface area contributed by atoms with E-state index in [0.29, 0.717) is 10.9 Å². The summed E-state index contributed by atoms with van der Waals surface area (Å²) in [5, 5.41) is 15.4. The molecule has 4 aromatic rings. The molecule has 0 radical (unpaired) electrons. The standard InChI is InChI=1S/C22H18N4O2/c1-15-6-4-7-16(14-15)21(18-9-2-3-12-23-18)25-19-10-11-20(26(27)28)17-8-5-13-24-22(17)19/h2-14,21,25H,1H3. The molecule has 1 N–H and O–H groups in total. The van der Waals surface area contributed by atoms with Crippen LogP contribution >= 0.6 is 0 Å². The molecule has 4 rings (SSSR count). The van der Waals surface area contributed by atoms with E-state index in [4.69, 9.17) is 0 Å². The highest BCUT2D eigenvalue weighted by atomic mass is 16.6. The number of benzene rings is 2. The van der Waals surface area contributed by atoms with E-state index >= 15 is 0 Å². The van der Waals surface area contributed by atoms with Gasteiger partial charge in [0.05, 0.1) is 27.7 Å². The Bertz CT molecular complexity index is 1150. The van der Waals surface area contributed by atoms with Crippen molar-refractivity contribution in [3.05, 3.63) is 106 Å². The molecule has 0 aliphatic carbocycles. The number of anilines is 1. The van der Waals surface area contributed by atoms with Crippen molar-refractivity contribution < 1.29 is 4.92 Å². The summed E-state index contributed by atoms with van der Waals surface area (Å²) in [4.78, 5) is 19.9. The number of aromatic nitrogens is 2. The topological polar surface area (TPSA) is 81.0 Å². The van der Waals surface area contributed by atoms with E-state index in [2.05, 4.69) is 21.4 Å². The monoisotopic (exact) mass is 370 g/mol. The molecule has 0 aliphatic heterocycles. The minimum atomic E-state index is -0.384. The molecule has 6 nitrogen and oxygen atoms in total. The molecule has 2 aromatic heterocycles. The van der Waals surface area contributed by atoms with Crippen LogP contribution in [-0.2, 0) is 0 Å². The van der Waals surface area contributed by atoms with Crippen LogP contribution in [0.1, 0.15) is 22.9 Å². The fourth-order valence-corrected chi connectivity index (χ4v) is 3.31. The van der Waals surface area contributed by atoms with Gasteiger partial charge in [-0.2, -0.15) is 0 Å². The Morgan fingerprint density at radius 1 is 0.964 bits per heavy atom. The zero-order chi connectivity index (χ0) is 19.5. The number of pyridine rings is 2. The van der Waals surface area contributed by atoms with Gasteiger partial charge in [-0.15, -0.1) is 0 Å². The lowest BCUT2D eigenvalue weighted by Gasteiger charge is -2.21. The zero-order valence-corrected chi connectivity index (χ0v) is 15.2. The molecule has 1 atom stereocenters. The SMILES string of the molecule is Cc1cccc(C(Nc2ccc([N+](=O)[O-])c3cccnc23)c2ccccn2)c1. The van der Waals surface area contributed by atoms with Crippen LogP contribution in [0.3, 0.4) is 0 Å². The third-order valence-electron chi connectivity index (χ3n) is 4.60. The fourth-order valence-electron chi connectivity index (χ4n) is 3.31. The second kappa shape index (κ2) is 7.44.